The first-order valence-corrected chi connectivity index (χ1v) is 8.88. The zero-order valence-electron chi connectivity index (χ0n) is 14.3. The van der Waals surface area contributed by atoms with Crippen LogP contribution in [0.15, 0.2) is 35.6 Å². The topological polar surface area (TPSA) is 90.5 Å². The van der Waals surface area contributed by atoms with Gasteiger partial charge in [0.1, 0.15) is 5.82 Å². The van der Waals surface area contributed by atoms with Crippen LogP contribution < -0.4 is 5.32 Å². The maximum atomic E-state index is 12.2. The molecule has 0 atom stereocenters. The molecule has 9 heteroatoms. The number of carbonyl (C=O) groups excluding carboxylic acids is 1. The van der Waals surface area contributed by atoms with Gasteiger partial charge in [-0.1, -0.05) is 23.9 Å². The molecule has 0 spiro atoms. The van der Waals surface area contributed by atoms with Gasteiger partial charge in [0.2, 0.25) is 11.1 Å². The normalized spacial score (nSPS) is 10.8. The molecule has 3 rings (SSSR count). The van der Waals surface area contributed by atoms with Gasteiger partial charge < -0.3 is 5.32 Å². The number of amides is 1. The summed E-state index contributed by atoms with van der Waals surface area (Å²) in [4.78, 5) is 12.2. The standard InChI is InChI=1S/C16H19N7OS/c1-4-22-14(8-9-17-22)18-15(24)10-25-16-19-20-21-23(16)13-7-5-6-11(2)12(13)3/h5-9H,4,10H2,1-3H3,(H,18,24). The predicted octanol–water partition coefficient (Wildman–Crippen LogP) is 2.23. The van der Waals surface area contributed by atoms with Crippen LogP contribution in [0.3, 0.4) is 0 Å². The summed E-state index contributed by atoms with van der Waals surface area (Å²) in [5.41, 5.74) is 3.18. The lowest BCUT2D eigenvalue weighted by Crippen LogP contribution is -2.17. The van der Waals surface area contributed by atoms with Crippen molar-refractivity contribution in [2.75, 3.05) is 11.1 Å². The number of hydrogen-bond acceptors (Lipinski definition) is 6. The number of nitrogens with one attached hydrogen (secondary N) is 1. The van der Waals surface area contributed by atoms with Crippen molar-refractivity contribution in [2.24, 2.45) is 0 Å². The lowest BCUT2D eigenvalue weighted by atomic mass is 10.1. The van der Waals surface area contributed by atoms with Crippen LogP contribution in [0.4, 0.5) is 5.82 Å². The molecule has 0 radical (unpaired) electrons. The molecule has 0 fully saturated rings. The van der Waals surface area contributed by atoms with Gasteiger partial charge in [-0.25, -0.2) is 4.68 Å². The predicted molar refractivity (Wildman–Crippen MR) is 95.9 cm³/mol. The van der Waals surface area contributed by atoms with Crippen LogP contribution >= 0.6 is 11.8 Å². The SMILES string of the molecule is CCn1nccc1NC(=O)CSc1nnnn1-c1cccc(C)c1C. The van der Waals surface area contributed by atoms with Crippen LogP contribution in [0.5, 0.6) is 0 Å². The Kier molecular flexibility index (Phi) is 5.13. The molecule has 0 aliphatic heterocycles. The Morgan fingerprint density at radius 3 is 2.92 bits per heavy atom. The minimum Gasteiger partial charge on any atom is -0.310 e. The quantitative estimate of drug-likeness (QED) is 0.680. The summed E-state index contributed by atoms with van der Waals surface area (Å²) in [6.07, 6.45) is 1.66. The van der Waals surface area contributed by atoms with Crippen LogP contribution in [0.25, 0.3) is 5.69 Å². The Morgan fingerprint density at radius 2 is 2.12 bits per heavy atom. The Balaban J connectivity index is 1.70. The fraction of sp³-hybridized carbons (Fsp3) is 0.312. The fourth-order valence-electron chi connectivity index (χ4n) is 2.39. The smallest absolute Gasteiger partial charge is 0.235 e. The first-order valence-electron chi connectivity index (χ1n) is 7.89. The fourth-order valence-corrected chi connectivity index (χ4v) is 3.07. The molecule has 130 valence electrons. The van der Waals surface area contributed by atoms with Crippen molar-refractivity contribution in [3.8, 4) is 5.69 Å². The van der Waals surface area contributed by atoms with E-state index in [0.717, 1.165) is 16.8 Å². The number of hydrogen-bond donors (Lipinski definition) is 1. The molecule has 0 unspecified atom stereocenters. The van der Waals surface area contributed by atoms with E-state index in [9.17, 15) is 4.79 Å². The molecule has 25 heavy (non-hydrogen) atoms. The van der Waals surface area contributed by atoms with Crippen molar-refractivity contribution in [1.82, 2.24) is 30.0 Å². The van der Waals surface area contributed by atoms with E-state index in [0.29, 0.717) is 17.5 Å². The largest absolute Gasteiger partial charge is 0.310 e. The highest BCUT2D eigenvalue weighted by Gasteiger charge is 2.14. The second-order valence-electron chi connectivity index (χ2n) is 5.46. The number of carbonyl (C=O) groups is 1. The monoisotopic (exact) mass is 357 g/mol. The van der Waals surface area contributed by atoms with Gasteiger partial charge in [-0.15, -0.1) is 5.10 Å². The summed E-state index contributed by atoms with van der Waals surface area (Å²) in [6, 6.07) is 7.74. The molecule has 1 aromatic carbocycles. The molecule has 0 bridgehead atoms. The lowest BCUT2D eigenvalue weighted by molar-refractivity contribution is -0.113. The average Bonchev–Trinajstić information content (AvgIpc) is 3.24. The minimum absolute atomic E-state index is 0.129. The summed E-state index contributed by atoms with van der Waals surface area (Å²) in [6.45, 7) is 6.73. The van der Waals surface area contributed by atoms with E-state index in [1.165, 1.54) is 11.8 Å². The van der Waals surface area contributed by atoms with E-state index in [1.807, 2.05) is 39.0 Å². The number of anilines is 1. The maximum Gasteiger partial charge on any atom is 0.235 e. The molecule has 2 aromatic heterocycles. The number of aromatic nitrogens is 6. The van der Waals surface area contributed by atoms with Gasteiger partial charge in [0.25, 0.3) is 0 Å². The lowest BCUT2D eigenvalue weighted by Gasteiger charge is -2.10. The van der Waals surface area contributed by atoms with Crippen molar-refractivity contribution < 1.29 is 4.79 Å². The Bertz CT molecular complexity index is 886. The molecule has 0 aliphatic rings. The number of aryl methyl sites for hydroxylation is 2. The van der Waals surface area contributed by atoms with Crippen molar-refractivity contribution in [2.45, 2.75) is 32.5 Å². The van der Waals surface area contributed by atoms with Crippen LogP contribution in [-0.4, -0.2) is 41.6 Å². The first kappa shape index (κ1) is 17.2. The number of thioether (sulfide) groups is 1. The molecule has 2 heterocycles. The van der Waals surface area contributed by atoms with E-state index >= 15 is 0 Å². The number of tetrazole rings is 1. The molecule has 8 nitrogen and oxygen atoms in total. The first-order chi connectivity index (χ1) is 12.1. The van der Waals surface area contributed by atoms with E-state index < -0.39 is 0 Å². The zero-order chi connectivity index (χ0) is 17.8. The van der Waals surface area contributed by atoms with Crippen molar-refractivity contribution in [1.29, 1.82) is 0 Å². The Hall–Kier alpha value is -2.68. The van der Waals surface area contributed by atoms with Gasteiger partial charge in [0.05, 0.1) is 17.6 Å². The molecule has 0 aliphatic carbocycles. The number of benzene rings is 1. The Labute approximate surface area is 149 Å². The molecule has 0 saturated carbocycles. The summed E-state index contributed by atoms with van der Waals surface area (Å²) in [7, 11) is 0. The van der Waals surface area contributed by atoms with Gasteiger partial charge in [-0.05, 0) is 48.4 Å². The van der Waals surface area contributed by atoms with E-state index in [2.05, 4.69) is 25.9 Å². The minimum atomic E-state index is -0.129. The highest BCUT2D eigenvalue weighted by Crippen LogP contribution is 2.22. The molecule has 0 saturated heterocycles. The summed E-state index contributed by atoms with van der Waals surface area (Å²) >= 11 is 1.29. The van der Waals surface area contributed by atoms with E-state index in [-0.39, 0.29) is 11.7 Å². The third-order valence-corrected chi connectivity index (χ3v) is 4.78. The second-order valence-corrected chi connectivity index (χ2v) is 6.40. The van der Waals surface area contributed by atoms with Crippen molar-refractivity contribution in [3.05, 3.63) is 41.6 Å². The highest BCUT2D eigenvalue weighted by atomic mass is 32.2. The maximum absolute atomic E-state index is 12.2. The van der Waals surface area contributed by atoms with Crippen LogP contribution in [-0.2, 0) is 11.3 Å². The van der Waals surface area contributed by atoms with Gasteiger partial charge in [0, 0.05) is 12.6 Å². The van der Waals surface area contributed by atoms with Crippen molar-refractivity contribution >= 4 is 23.5 Å². The number of nitrogens with zero attached hydrogens (tertiary/aromatic N) is 6. The molecule has 1 amide bonds. The molecular weight excluding hydrogens is 338 g/mol. The summed E-state index contributed by atoms with van der Waals surface area (Å²) in [5.74, 6) is 0.762. The summed E-state index contributed by atoms with van der Waals surface area (Å²) < 4.78 is 3.39. The van der Waals surface area contributed by atoms with E-state index in [1.54, 1.807) is 21.6 Å². The van der Waals surface area contributed by atoms with Gasteiger partial charge in [-0.3, -0.25) is 4.79 Å². The second kappa shape index (κ2) is 7.47. The highest BCUT2D eigenvalue weighted by molar-refractivity contribution is 7.99. The van der Waals surface area contributed by atoms with Gasteiger partial charge in [0.15, 0.2) is 0 Å². The number of rotatable bonds is 6. The van der Waals surface area contributed by atoms with Crippen LogP contribution in [0.2, 0.25) is 0 Å². The molecule has 3 aromatic rings. The van der Waals surface area contributed by atoms with Gasteiger partial charge in [-0.2, -0.15) is 9.78 Å². The Morgan fingerprint density at radius 1 is 1.28 bits per heavy atom. The van der Waals surface area contributed by atoms with Gasteiger partial charge >= 0.3 is 0 Å². The zero-order valence-corrected chi connectivity index (χ0v) is 15.1. The average molecular weight is 357 g/mol. The van der Waals surface area contributed by atoms with E-state index in [4.69, 9.17) is 0 Å². The van der Waals surface area contributed by atoms with Crippen LogP contribution in [0, 0.1) is 13.8 Å². The molecule has 1 N–H and O–H groups in total. The van der Waals surface area contributed by atoms with Crippen molar-refractivity contribution in [3.63, 3.8) is 0 Å². The van der Waals surface area contributed by atoms with Crippen LogP contribution in [0.1, 0.15) is 18.1 Å². The third kappa shape index (κ3) is 3.71. The molecular formula is C16H19N7OS. The summed E-state index contributed by atoms with van der Waals surface area (Å²) in [5, 5.41) is 19.4. The third-order valence-electron chi connectivity index (χ3n) is 3.86.